The predicted octanol–water partition coefficient (Wildman–Crippen LogP) is 5.24. The number of aliphatic hydroxyl groups excluding tert-OH is 1. The van der Waals surface area contributed by atoms with Crippen molar-refractivity contribution in [3.8, 4) is 5.75 Å². The first-order chi connectivity index (χ1) is 11.8. The van der Waals surface area contributed by atoms with Gasteiger partial charge >= 0.3 is 11.7 Å². The summed E-state index contributed by atoms with van der Waals surface area (Å²) in [7, 11) is 0. The molecular weight excluding hydrogens is 396 g/mol. The highest BCUT2D eigenvalue weighted by molar-refractivity contribution is 8.00. The molecule has 1 N–H and O–H groups in total. The number of hydrogen-bond donors (Lipinski definition) is 1. The highest BCUT2D eigenvalue weighted by atomic mass is 32.2. The maximum absolute atomic E-state index is 13.8. The van der Waals surface area contributed by atoms with Gasteiger partial charge in [0.25, 0.3) is 5.92 Å². The lowest BCUT2D eigenvalue weighted by Crippen LogP contribution is -2.42. The molecule has 0 radical (unpaired) electrons. The van der Waals surface area contributed by atoms with E-state index in [4.69, 9.17) is 4.74 Å². The second-order valence-corrected chi connectivity index (χ2v) is 7.40. The molecule has 1 aromatic rings. The molecule has 1 saturated carbocycles. The molecule has 2 aliphatic rings. The fourth-order valence-corrected chi connectivity index (χ4v) is 3.81. The zero-order valence-corrected chi connectivity index (χ0v) is 13.6. The summed E-state index contributed by atoms with van der Waals surface area (Å²) in [6.45, 7) is 0. The minimum absolute atomic E-state index is 0.214. The SMILES string of the molecule is O[C@H]1c2c(SC(F)(F)F)ccc(O[C@H]3C[C@H](C(F)(F)F)C3)c2CC1(F)F. The summed E-state index contributed by atoms with van der Waals surface area (Å²) in [6.07, 6.45) is -9.42. The van der Waals surface area contributed by atoms with E-state index in [2.05, 4.69) is 0 Å². The highest BCUT2D eigenvalue weighted by Crippen LogP contribution is 2.53. The lowest BCUT2D eigenvalue weighted by atomic mass is 9.82. The van der Waals surface area contributed by atoms with Crippen molar-refractivity contribution < 1.29 is 45.0 Å². The molecule has 0 aliphatic heterocycles. The number of ether oxygens (including phenoxy) is 1. The van der Waals surface area contributed by atoms with Gasteiger partial charge in [-0.1, -0.05) is 0 Å². The van der Waals surface area contributed by atoms with Crippen LogP contribution in [-0.4, -0.2) is 28.8 Å². The van der Waals surface area contributed by atoms with Crippen LogP contribution >= 0.6 is 11.8 Å². The maximum atomic E-state index is 13.8. The van der Waals surface area contributed by atoms with Gasteiger partial charge in [-0.3, -0.25) is 0 Å². The van der Waals surface area contributed by atoms with Gasteiger partial charge < -0.3 is 9.84 Å². The molecular formula is C15H12F8O2S. The first kappa shape index (κ1) is 19.5. The second kappa shape index (κ2) is 6.15. The Morgan fingerprint density at radius 3 is 2.23 bits per heavy atom. The van der Waals surface area contributed by atoms with Gasteiger partial charge in [0.2, 0.25) is 0 Å². The summed E-state index contributed by atoms with van der Waals surface area (Å²) in [5.41, 5.74) is -5.63. The smallest absolute Gasteiger partial charge is 0.446 e. The molecule has 11 heteroatoms. The molecule has 3 rings (SSSR count). The van der Waals surface area contributed by atoms with Crippen LogP contribution in [-0.2, 0) is 6.42 Å². The summed E-state index contributed by atoms with van der Waals surface area (Å²) in [5.74, 6) is -5.45. The molecule has 2 nitrogen and oxygen atoms in total. The van der Waals surface area contributed by atoms with Crippen molar-refractivity contribution in [2.75, 3.05) is 0 Å². The van der Waals surface area contributed by atoms with Gasteiger partial charge in [0.15, 0.2) is 0 Å². The van der Waals surface area contributed by atoms with Crippen LogP contribution in [0.5, 0.6) is 5.75 Å². The van der Waals surface area contributed by atoms with Gasteiger partial charge in [0, 0.05) is 22.4 Å². The summed E-state index contributed by atoms with van der Waals surface area (Å²) in [6, 6.07) is 1.92. The second-order valence-electron chi connectivity index (χ2n) is 6.29. The van der Waals surface area contributed by atoms with Crippen LogP contribution < -0.4 is 4.74 Å². The minimum Gasteiger partial charge on any atom is -0.490 e. The summed E-state index contributed by atoms with van der Waals surface area (Å²) >= 11 is -0.636. The van der Waals surface area contributed by atoms with Crippen LogP contribution in [0.4, 0.5) is 35.1 Å². The Morgan fingerprint density at radius 2 is 1.69 bits per heavy atom. The van der Waals surface area contributed by atoms with E-state index in [-0.39, 0.29) is 24.2 Å². The normalized spacial score (nSPS) is 27.8. The van der Waals surface area contributed by atoms with Crippen molar-refractivity contribution in [1.82, 2.24) is 0 Å². The summed E-state index contributed by atoms with van der Waals surface area (Å²) < 4.78 is 108. The Morgan fingerprint density at radius 1 is 1.08 bits per heavy atom. The highest BCUT2D eigenvalue weighted by Gasteiger charge is 2.52. The van der Waals surface area contributed by atoms with Gasteiger partial charge in [0.1, 0.15) is 11.9 Å². The van der Waals surface area contributed by atoms with Gasteiger partial charge in [-0.25, -0.2) is 8.78 Å². The van der Waals surface area contributed by atoms with E-state index in [0.717, 1.165) is 12.1 Å². The van der Waals surface area contributed by atoms with Crippen molar-refractivity contribution in [1.29, 1.82) is 0 Å². The molecule has 26 heavy (non-hydrogen) atoms. The Hall–Kier alpha value is -1.23. The number of aliphatic hydroxyl groups is 1. The van der Waals surface area contributed by atoms with Crippen LogP contribution in [0.2, 0.25) is 0 Å². The molecule has 0 bridgehead atoms. The summed E-state index contributed by atoms with van der Waals surface area (Å²) in [5, 5.41) is 9.73. The van der Waals surface area contributed by atoms with E-state index in [1.54, 1.807) is 0 Å². The van der Waals surface area contributed by atoms with E-state index in [0.29, 0.717) is 0 Å². The van der Waals surface area contributed by atoms with Crippen molar-refractivity contribution in [3.63, 3.8) is 0 Å². The number of thioether (sulfide) groups is 1. The number of alkyl halides is 8. The van der Waals surface area contributed by atoms with Crippen LogP contribution in [0.25, 0.3) is 0 Å². The van der Waals surface area contributed by atoms with E-state index in [9.17, 15) is 40.2 Å². The van der Waals surface area contributed by atoms with E-state index >= 15 is 0 Å². The fourth-order valence-electron chi connectivity index (χ4n) is 3.08. The van der Waals surface area contributed by atoms with Crippen molar-refractivity contribution >= 4 is 11.8 Å². The van der Waals surface area contributed by atoms with Crippen LogP contribution in [0.1, 0.15) is 30.1 Å². The molecule has 0 amide bonds. The molecule has 2 aliphatic carbocycles. The number of benzene rings is 1. The van der Waals surface area contributed by atoms with Gasteiger partial charge in [-0.15, -0.1) is 0 Å². The van der Waals surface area contributed by atoms with Gasteiger partial charge in [-0.2, -0.15) is 26.3 Å². The van der Waals surface area contributed by atoms with Crippen molar-refractivity contribution in [2.24, 2.45) is 5.92 Å². The zero-order valence-electron chi connectivity index (χ0n) is 12.8. The molecule has 1 atom stereocenters. The molecule has 0 aromatic heterocycles. The molecule has 0 unspecified atom stereocenters. The standard InChI is InChI=1S/C15H12F8O2S/c16-13(17)5-8-9(25-7-3-6(4-7)14(18,19)20)1-2-10(11(8)12(13)24)26-15(21,22)23/h1-2,6-7,12,24H,3-5H2/t6-,7-,12-/m0/s1. The maximum Gasteiger partial charge on any atom is 0.446 e. The molecule has 0 heterocycles. The Kier molecular flexibility index (Phi) is 4.62. The average molecular weight is 408 g/mol. The number of rotatable bonds is 3. The molecule has 1 aromatic carbocycles. The molecule has 146 valence electrons. The Labute approximate surface area is 146 Å². The lowest BCUT2D eigenvalue weighted by Gasteiger charge is -2.36. The minimum atomic E-state index is -4.75. The Balaban J connectivity index is 1.85. The van der Waals surface area contributed by atoms with Crippen molar-refractivity contribution in [3.05, 3.63) is 23.3 Å². The number of halogens is 8. The number of fused-ring (bicyclic) bond motifs is 1. The van der Waals surface area contributed by atoms with E-state index in [1.807, 2.05) is 0 Å². The lowest BCUT2D eigenvalue weighted by molar-refractivity contribution is -0.210. The molecule has 0 spiro atoms. The average Bonchev–Trinajstić information content (AvgIpc) is 2.64. The first-order valence-electron chi connectivity index (χ1n) is 7.48. The Bertz CT molecular complexity index is 694. The van der Waals surface area contributed by atoms with Gasteiger partial charge in [-0.05, 0) is 36.7 Å². The van der Waals surface area contributed by atoms with Gasteiger partial charge in [0.05, 0.1) is 12.0 Å². The largest absolute Gasteiger partial charge is 0.490 e. The van der Waals surface area contributed by atoms with Crippen LogP contribution in [0.15, 0.2) is 17.0 Å². The van der Waals surface area contributed by atoms with E-state index < -0.39 is 64.4 Å². The predicted molar refractivity (Wildman–Crippen MR) is 75.2 cm³/mol. The van der Waals surface area contributed by atoms with Crippen LogP contribution in [0.3, 0.4) is 0 Å². The topological polar surface area (TPSA) is 29.5 Å². The monoisotopic (exact) mass is 408 g/mol. The van der Waals surface area contributed by atoms with Crippen LogP contribution in [0, 0.1) is 5.92 Å². The third-order valence-electron chi connectivity index (χ3n) is 4.44. The third-order valence-corrected chi connectivity index (χ3v) is 5.24. The fraction of sp³-hybridized carbons (Fsp3) is 0.600. The quantitative estimate of drug-likeness (QED) is 0.548. The molecule has 0 saturated heterocycles. The third kappa shape index (κ3) is 3.73. The first-order valence-corrected chi connectivity index (χ1v) is 8.30. The molecule has 1 fully saturated rings. The number of hydrogen-bond acceptors (Lipinski definition) is 3. The van der Waals surface area contributed by atoms with Crippen molar-refractivity contribution in [2.45, 2.75) is 54.0 Å². The van der Waals surface area contributed by atoms with E-state index in [1.165, 1.54) is 0 Å². The zero-order chi connectivity index (χ0) is 19.5. The summed E-state index contributed by atoms with van der Waals surface area (Å²) in [4.78, 5) is -0.577.